The summed E-state index contributed by atoms with van der Waals surface area (Å²) >= 11 is 1.05. The van der Waals surface area contributed by atoms with Crippen LogP contribution in [0.15, 0.2) is 16.3 Å². The average molecular weight is 306 g/mol. The number of carbonyl (C=O) groups is 2. The van der Waals surface area contributed by atoms with Crippen LogP contribution in [0.25, 0.3) is 0 Å². The Balaban J connectivity index is 2.93. The molecule has 9 heteroatoms. The van der Waals surface area contributed by atoms with Gasteiger partial charge in [0.2, 0.25) is 5.91 Å². The number of nitrogens with one attached hydrogen (secondary N) is 1. The maximum absolute atomic E-state index is 11.9. The number of hydrogen-bond acceptors (Lipinski definition) is 5. The zero-order valence-electron chi connectivity index (χ0n) is 10.1. The van der Waals surface area contributed by atoms with E-state index in [1.54, 1.807) is 6.07 Å². The first-order valence-electron chi connectivity index (χ1n) is 5.38. The third-order valence-electron chi connectivity index (χ3n) is 2.25. The van der Waals surface area contributed by atoms with E-state index in [9.17, 15) is 18.0 Å². The fraction of sp³-hybridized carbons (Fsp3) is 0.400. The summed E-state index contributed by atoms with van der Waals surface area (Å²) in [6.45, 7) is 1.88. The summed E-state index contributed by atoms with van der Waals surface area (Å²) in [5.74, 6) is -2.34. The van der Waals surface area contributed by atoms with Crippen LogP contribution in [-0.4, -0.2) is 31.4 Å². The summed E-state index contributed by atoms with van der Waals surface area (Å²) in [4.78, 5) is 22.5. The molecule has 0 aliphatic rings. The van der Waals surface area contributed by atoms with Gasteiger partial charge in [0.15, 0.2) is 0 Å². The van der Waals surface area contributed by atoms with Crippen LogP contribution in [0.3, 0.4) is 0 Å². The number of carboxylic acid groups (broad SMARTS) is 1. The first kappa shape index (κ1) is 15.6. The molecule has 1 aromatic heterocycles. The predicted molar refractivity (Wildman–Crippen MR) is 69.3 cm³/mol. The smallest absolute Gasteiger partial charge is 0.322 e. The number of hydrogen-bond donors (Lipinski definition) is 3. The monoisotopic (exact) mass is 306 g/mol. The molecule has 1 aromatic rings. The number of amides is 1. The van der Waals surface area contributed by atoms with Crippen LogP contribution < -0.4 is 10.5 Å². The van der Waals surface area contributed by atoms with Crippen molar-refractivity contribution in [2.45, 2.75) is 30.0 Å². The lowest BCUT2D eigenvalue weighted by Gasteiger charge is -2.11. The van der Waals surface area contributed by atoms with Gasteiger partial charge in [-0.3, -0.25) is 9.59 Å². The van der Waals surface area contributed by atoms with Gasteiger partial charge in [-0.15, -0.1) is 11.3 Å². The normalized spacial score (nSPS) is 13.1. The lowest BCUT2D eigenvalue weighted by molar-refractivity contribution is -0.140. The highest BCUT2D eigenvalue weighted by atomic mass is 32.2. The van der Waals surface area contributed by atoms with E-state index >= 15 is 0 Å². The third-order valence-corrected chi connectivity index (χ3v) is 5.44. The average Bonchev–Trinajstić information content (AvgIpc) is 2.76. The van der Waals surface area contributed by atoms with Gasteiger partial charge in [-0.05, 0) is 18.6 Å². The molecule has 0 bridgehead atoms. The zero-order chi connectivity index (χ0) is 14.6. The lowest BCUT2D eigenvalue weighted by Crippen LogP contribution is -2.43. The Bertz CT molecular complexity index is 578. The van der Waals surface area contributed by atoms with Gasteiger partial charge in [-0.1, -0.05) is 6.92 Å². The Morgan fingerprint density at radius 2 is 2.11 bits per heavy atom. The maximum Gasteiger partial charge on any atom is 0.322 e. The van der Waals surface area contributed by atoms with Crippen molar-refractivity contribution in [1.82, 2.24) is 4.72 Å². The molecule has 1 rings (SSSR count). The van der Waals surface area contributed by atoms with E-state index in [2.05, 4.69) is 0 Å². The Hall–Kier alpha value is -1.45. The molecule has 0 saturated heterocycles. The number of aryl methyl sites for hydroxylation is 1. The quantitative estimate of drug-likeness (QED) is 0.649. The Kier molecular flexibility index (Phi) is 5.04. The molecule has 19 heavy (non-hydrogen) atoms. The minimum absolute atomic E-state index is 0.0140. The second-order valence-electron chi connectivity index (χ2n) is 3.76. The SMILES string of the molecule is CCc1ccc(S(=O)(=O)N[C@H](CC(N)=O)C(=O)O)s1. The molecule has 0 unspecified atom stereocenters. The molecule has 0 aliphatic heterocycles. The molecule has 106 valence electrons. The Morgan fingerprint density at radius 1 is 1.47 bits per heavy atom. The van der Waals surface area contributed by atoms with Crippen molar-refractivity contribution in [3.63, 3.8) is 0 Å². The highest BCUT2D eigenvalue weighted by molar-refractivity contribution is 7.91. The number of carboxylic acids is 1. The molecule has 0 aliphatic carbocycles. The Labute approximate surface area is 114 Å². The van der Waals surface area contributed by atoms with Crippen molar-refractivity contribution < 1.29 is 23.1 Å². The third kappa shape index (κ3) is 4.30. The number of rotatable bonds is 7. The summed E-state index contributed by atoms with van der Waals surface area (Å²) in [5, 5.41) is 8.85. The first-order chi connectivity index (χ1) is 8.76. The molecular formula is C10H14N2O5S2. The van der Waals surface area contributed by atoms with E-state index in [0.29, 0.717) is 6.42 Å². The van der Waals surface area contributed by atoms with Crippen LogP contribution in [0.2, 0.25) is 0 Å². The van der Waals surface area contributed by atoms with Crippen LogP contribution in [0.4, 0.5) is 0 Å². The van der Waals surface area contributed by atoms with Gasteiger partial charge in [0.25, 0.3) is 10.0 Å². The van der Waals surface area contributed by atoms with Crippen molar-refractivity contribution >= 4 is 33.2 Å². The number of carbonyl (C=O) groups excluding carboxylic acids is 1. The van der Waals surface area contributed by atoms with Gasteiger partial charge in [0.1, 0.15) is 10.3 Å². The molecule has 0 spiro atoms. The molecule has 1 atom stereocenters. The van der Waals surface area contributed by atoms with Gasteiger partial charge in [0, 0.05) is 4.88 Å². The van der Waals surface area contributed by atoms with Crippen molar-refractivity contribution in [2.75, 3.05) is 0 Å². The minimum Gasteiger partial charge on any atom is -0.480 e. The van der Waals surface area contributed by atoms with E-state index in [1.807, 2.05) is 11.6 Å². The molecule has 0 aromatic carbocycles. The number of sulfonamides is 1. The van der Waals surface area contributed by atoms with E-state index in [4.69, 9.17) is 10.8 Å². The summed E-state index contributed by atoms with van der Waals surface area (Å²) in [7, 11) is -3.96. The van der Waals surface area contributed by atoms with Crippen LogP contribution in [0.5, 0.6) is 0 Å². The molecule has 0 fully saturated rings. The van der Waals surface area contributed by atoms with Gasteiger partial charge >= 0.3 is 5.97 Å². The highest BCUT2D eigenvalue weighted by Crippen LogP contribution is 2.22. The molecule has 1 amide bonds. The summed E-state index contributed by atoms with van der Waals surface area (Å²) in [6.07, 6.45) is 0.0877. The fourth-order valence-electron chi connectivity index (χ4n) is 1.32. The van der Waals surface area contributed by atoms with Crippen molar-refractivity contribution in [3.05, 3.63) is 17.0 Å². The van der Waals surface area contributed by atoms with Crippen LogP contribution in [0.1, 0.15) is 18.2 Å². The second kappa shape index (κ2) is 6.13. The highest BCUT2D eigenvalue weighted by Gasteiger charge is 2.27. The van der Waals surface area contributed by atoms with Gasteiger partial charge in [-0.2, -0.15) is 4.72 Å². The topological polar surface area (TPSA) is 127 Å². The second-order valence-corrected chi connectivity index (χ2v) is 6.87. The summed E-state index contributed by atoms with van der Waals surface area (Å²) < 4.78 is 25.9. The van der Waals surface area contributed by atoms with Crippen molar-refractivity contribution in [3.8, 4) is 0 Å². The molecule has 7 nitrogen and oxygen atoms in total. The standard InChI is InChI=1S/C10H14N2O5S2/c1-2-6-3-4-9(18-6)19(16,17)12-7(10(14)15)5-8(11)13/h3-4,7,12H,2,5H2,1H3,(H2,11,13)(H,14,15)/t7-/m1/s1. The van der Waals surface area contributed by atoms with E-state index in [-0.39, 0.29) is 4.21 Å². The van der Waals surface area contributed by atoms with E-state index in [0.717, 1.165) is 16.2 Å². The number of nitrogens with two attached hydrogens (primary N) is 1. The van der Waals surface area contributed by atoms with Gasteiger partial charge in [0.05, 0.1) is 6.42 Å². The van der Waals surface area contributed by atoms with Gasteiger partial charge in [-0.25, -0.2) is 8.42 Å². The maximum atomic E-state index is 11.9. The van der Waals surface area contributed by atoms with Crippen LogP contribution >= 0.6 is 11.3 Å². The zero-order valence-corrected chi connectivity index (χ0v) is 11.8. The predicted octanol–water partition coefficient (Wildman–Crippen LogP) is -0.0826. The van der Waals surface area contributed by atoms with Crippen LogP contribution in [0, 0.1) is 0 Å². The number of aliphatic carboxylic acids is 1. The summed E-state index contributed by atoms with van der Waals surface area (Å²) in [6, 6.07) is 1.49. The number of thiophene rings is 1. The number of primary amides is 1. The van der Waals surface area contributed by atoms with E-state index < -0.39 is 34.4 Å². The fourth-order valence-corrected chi connectivity index (χ4v) is 3.82. The first-order valence-corrected chi connectivity index (χ1v) is 7.68. The molecule has 1 heterocycles. The van der Waals surface area contributed by atoms with Crippen molar-refractivity contribution in [1.29, 1.82) is 0 Å². The lowest BCUT2D eigenvalue weighted by atomic mass is 10.2. The Morgan fingerprint density at radius 3 is 2.53 bits per heavy atom. The summed E-state index contributed by atoms with van der Waals surface area (Å²) in [5.41, 5.74) is 4.88. The largest absolute Gasteiger partial charge is 0.480 e. The molecular weight excluding hydrogens is 292 g/mol. The minimum atomic E-state index is -3.96. The van der Waals surface area contributed by atoms with Crippen LogP contribution in [-0.2, 0) is 26.0 Å². The van der Waals surface area contributed by atoms with E-state index in [1.165, 1.54) is 6.07 Å². The molecule has 0 saturated carbocycles. The molecule has 4 N–H and O–H groups in total. The van der Waals surface area contributed by atoms with Gasteiger partial charge < -0.3 is 10.8 Å². The molecule has 0 radical (unpaired) electrons. The van der Waals surface area contributed by atoms with Crippen molar-refractivity contribution in [2.24, 2.45) is 5.73 Å².